The largest absolute Gasteiger partial charge is 0.444 e. The standard InChI is InChI=1S/C21H28BrN3O3/c1-6-24-17(12-15-8-7-9-16(22)18(15)24)19(26)23-10-11-25(14(2)13-23)20(27)28-21(3,4)5/h7-9,12,14H,6,10-11,13H2,1-5H3. The van der Waals surface area contributed by atoms with Gasteiger partial charge in [-0.3, -0.25) is 4.79 Å². The van der Waals surface area contributed by atoms with Gasteiger partial charge >= 0.3 is 6.09 Å². The van der Waals surface area contributed by atoms with E-state index in [1.807, 2.05) is 68.4 Å². The minimum atomic E-state index is -0.529. The number of amides is 2. The molecule has 7 heteroatoms. The van der Waals surface area contributed by atoms with E-state index in [1.54, 1.807) is 4.90 Å². The van der Waals surface area contributed by atoms with Gasteiger partial charge in [-0.05, 0) is 62.7 Å². The van der Waals surface area contributed by atoms with Crippen LogP contribution in [0.2, 0.25) is 0 Å². The van der Waals surface area contributed by atoms with Crippen LogP contribution in [0.4, 0.5) is 4.79 Å². The van der Waals surface area contributed by atoms with E-state index < -0.39 is 5.60 Å². The van der Waals surface area contributed by atoms with Gasteiger partial charge in [-0.1, -0.05) is 12.1 Å². The fraction of sp³-hybridized carbons (Fsp3) is 0.524. The summed E-state index contributed by atoms with van der Waals surface area (Å²) < 4.78 is 8.52. The van der Waals surface area contributed by atoms with Gasteiger partial charge in [0.15, 0.2) is 0 Å². The van der Waals surface area contributed by atoms with Crippen LogP contribution in [-0.4, -0.2) is 57.6 Å². The quantitative estimate of drug-likeness (QED) is 0.677. The lowest BCUT2D eigenvalue weighted by Gasteiger charge is -2.40. The Morgan fingerprint density at radius 2 is 1.96 bits per heavy atom. The molecule has 152 valence electrons. The van der Waals surface area contributed by atoms with E-state index in [1.165, 1.54) is 0 Å². The van der Waals surface area contributed by atoms with Crippen molar-refractivity contribution in [2.24, 2.45) is 0 Å². The van der Waals surface area contributed by atoms with Crippen LogP contribution in [0, 0.1) is 0 Å². The summed E-state index contributed by atoms with van der Waals surface area (Å²) in [6, 6.07) is 7.84. The van der Waals surface area contributed by atoms with Gasteiger partial charge in [-0.2, -0.15) is 0 Å². The molecule has 1 atom stereocenters. The van der Waals surface area contributed by atoms with Gasteiger partial charge in [0.2, 0.25) is 0 Å². The molecule has 0 radical (unpaired) electrons. The predicted molar refractivity (Wildman–Crippen MR) is 114 cm³/mol. The molecule has 2 amide bonds. The zero-order chi connectivity index (χ0) is 20.6. The highest BCUT2D eigenvalue weighted by Gasteiger charge is 2.33. The third-order valence-corrected chi connectivity index (χ3v) is 5.59. The molecule has 0 N–H and O–H groups in total. The van der Waals surface area contributed by atoms with Crippen LogP contribution in [-0.2, 0) is 11.3 Å². The Balaban J connectivity index is 1.79. The van der Waals surface area contributed by atoms with Gasteiger partial charge in [-0.25, -0.2) is 4.79 Å². The summed E-state index contributed by atoms with van der Waals surface area (Å²) in [4.78, 5) is 29.2. The van der Waals surface area contributed by atoms with Gasteiger partial charge in [0.05, 0.1) is 5.52 Å². The molecule has 1 aliphatic heterocycles. The third-order valence-electron chi connectivity index (χ3n) is 4.95. The van der Waals surface area contributed by atoms with Crippen LogP contribution in [0.5, 0.6) is 0 Å². The van der Waals surface area contributed by atoms with Crippen LogP contribution in [0.15, 0.2) is 28.7 Å². The average Bonchev–Trinajstić information content (AvgIpc) is 2.99. The third kappa shape index (κ3) is 4.04. The van der Waals surface area contributed by atoms with Crippen molar-refractivity contribution in [2.45, 2.75) is 52.8 Å². The van der Waals surface area contributed by atoms with Crippen molar-refractivity contribution in [3.05, 3.63) is 34.4 Å². The maximum absolute atomic E-state index is 13.3. The molecule has 1 aromatic heterocycles. The summed E-state index contributed by atoms with van der Waals surface area (Å²) in [5.41, 5.74) is 1.19. The second-order valence-electron chi connectivity index (χ2n) is 8.23. The SMILES string of the molecule is CCn1c(C(=O)N2CCN(C(=O)OC(C)(C)C)C(C)C2)cc2cccc(Br)c21. The number of hydrogen-bond donors (Lipinski definition) is 0. The zero-order valence-corrected chi connectivity index (χ0v) is 18.7. The molecule has 6 nitrogen and oxygen atoms in total. The first-order chi connectivity index (χ1) is 13.1. The fourth-order valence-corrected chi connectivity index (χ4v) is 4.28. The maximum atomic E-state index is 13.3. The van der Waals surface area contributed by atoms with Crippen molar-refractivity contribution in [1.82, 2.24) is 14.4 Å². The number of nitrogens with zero attached hydrogens (tertiary/aromatic N) is 3. The molecule has 1 fully saturated rings. The first-order valence-corrected chi connectivity index (χ1v) is 10.5. The molecule has 3 rings (SSSR count). The molecule has 1 unspecified atom stereocenters. The Labute approximate surface area is 174 Å². The molecule has 28 heavy (non-hydrogen) atoms. The molecule has 0 aliphatic carbocycles. The maximum Gasteiger partial charge on any atom is 0.410 e. The van der Waals surface area contributed by atoms with Crippen LogP contribution in [0.1, 0.15) is 45.1 Å². The summed E-state index contributed by atoms with van der Waals surface area (Å²) in [7, 11) is 0. The molecule has 1 aliphatic rings. The first kappa shape index (κ1) is 20.7. The van der Waals surface area contributed by atoms with Crippen LogP contribution < -0.4 is 0 Å². The Hall–Kier alpha value is -2.02. The highest BCUT2D eigenvalue weighted by Crippen LogP contribution is 2.28. The zero-order valence-electron chi connectivity index (χ0n) is 17.2. The van der Waals surface area contributed by atoms with Crippen molar-refractivity contribution in [2.75, 3.05) is 19.6 Å². The summed E-state index contributed by atoms with van der Waals surface area (Å²) >= 11 is 3.60. The normalized spacial score (nSPS) is 17.9. The summed E-state index contributed by atoms with van der Waals surface area (Å²) in [5, 5.41) is 1.04. The van der Waals surface area contributed by atoms with E-state index >= 15 is 0 Å². The van der Waals surface area contributed by atoms with E-state index in [0.717, 1.165) is 15.4 Å². The van der Waals surface area contributed by atoms with Crippen LogP contribution in [0.3, 0.4) is 0 Å². The smallest absolute Gasteiger partial charge is 0.410 e. The number of aryl methyl sites for hydroxylation is 1. The molecule has 1 saturated heterocycles. The lowest BCUT2D eigenvalue weighted by atomic mass is 10.1. The Morgan fingerprint density at radius 3 is 2.57 bits per heavy atom. The number of hydrogen-bond acceptors (Lipinski definition) is 3. The monoisotopic (exact) mass is 449 g/mol. The van der Waals surface area contributed by atoms with Gasteiger partial charge in [0.1, 0.15) is 11.3 Å². The number of para-hydroxylation sites is 1. The van der Waals surface area contributed by atoms with Crippen LogP contribution >= 0.6 is 15.9 Å². The predicted octanol–water partition coefficient (Wildman–Crippen LogP) is 4.51. The molecule has 2 heterocycles. The minimum absolute atomic E-state index is 0.000591. The lowest BCUT2D eigenvalue weighted by Crippen LogP contribution is -2.56. The Bertz CT molecular complexity index is 900. The van der Waals surface area contributed by atoms with Crippen LogP contribution in [0.25, 0.3) is 10.9 Å². The number of carbonyl (C=O) groups excluding carboxylic acids is 2. The number of aromatic nitrogens is 1. The summed E-state index contributed by atoms with van der Waals surface area (Å²) in [6.07, 6.45) is -0.321. The number of fused-ring (bicyclic) bond motifs is 1. The van der Waals surface area contributed by atoms with E-state index in [9.17, 15) is 9.59 Å². The Kier molecular flexibility index (Phi) is 5.75. The number of benzene rings is 1. The summed E-state index contributed by atoms with van der Waals surface area (Å²) in [6.45, 7) is 11.7. The van der Waals surface area contributed by atoms with Crippen molar-refractivity contribution in [1.29, 1.82) is 0 Å². The van der Waals surface area contributed by atoms with E-state index in [2.05, 4.69) is 15.9 Å². The fourth-order valence-electron chi connectivity index (χ4n) is 3.68. The number of ether oxygens (including phenoxy) is 1. The lowest BCUT2D eigenvalue weighted by molar-refractivity contribution is 0.00184. The van der Waals surface area contributed by atoms with E-state index in [0.29, 0.717) is 31.9 Å². The molecule has 1 aromatic carbocycles. The average molecular weight is 450 g/mol. The Morgan fingerprint density at radius 1 is 1.25 bits per heavy atom. The number of carbonyl (C=O) groups is 2. The topological polar surface area (TPSA) is 54.8 Å². The van der Waals surface area contributed by atoms with Crippen molar-refractivity contribution in [3.8, 4) is 0 Å². The van der Waals surface area contributed by atoms with Crippen molar-refractivity contribution < 1.29 is 14.3 Å². The van der Waals surface area contributed by atoms with Gasteiger partial charge in [0.25, 0.3) is 5.91 Å². The number of halogens is 1. The van der Waals surface area contributed by atoms with E-state index in [-0.39, 0.29) is 18.0 Å². The van der Waals surface area contributed by atoms with Gasteiger partial charge in [-0.15, -0.1) is 0 Å². The highest BCUT2D eigenvalue weighted by molar-refractivity contribution is 9.10. The number of piperazine rings is 1. The summed E-state index contributed by atoms with van der Waals surface area (Å²) in [5.74, 6) is 0.000591. The molecule has 0 bridgehead atoms. The highest BCUT2D eigenvalue weighted by atomic mass is 79.9. The molecular weight excluding hydrogens is 422 g/mol. The van der Waals surface area contributed by atoms with Crippen molar-refractivity contribution >= 4 is 38.8 Å². The molecule has 2 aromatic rings. The van der Waals surface area contributed by atoms with Gasteiger partial charge in [0, 0.05) is 42.1 Å². The second kappa shape index (κ2) is 7.78. The minimum Gasteiger partial charge on any atom is -0.444 e. The molecular formula is C21H28BrN3O3. The van der Waals surface area contributed by atoms with Crippen molar-refractivity contribution in [3.63, 3.8) is 0 Å². The van der Waals surface area contributed by atoms with Gasteiger partial charge < -0.3 is 19.1 Å². The first-order valence-electron chi connectivity index (χ1n) is 9.69. The van der Waals surface area contributed by atoms with E-state index in [4.69, 9.17) is 4.74 Å². The molecule has 0 spiro atoms. The second-order valence-corrected chi connectivity index (χ2v) is 9.08. The molecule has 0 saturated carbocycles. The number of rotatable bonds is 2.